The Balaban J connectivity index is 1.90. The molecule has 3 rings (SSSR count). The van der Waals surface area contributed by atoms with Gasteiger partial charge in [0.1, 0.15) is 5.75 Å². The number of halogens is 1. The van der Waals surface area contributed by atoms with E-state index in [1.165, 1.54) is 5.56 Å². The first kappa shape index (κ1) is 12.5. The molecular weight excluding hydrogens is 294 g/mol. The van der Waals surface area contributed by atoms with Crippen LogP contribution in [0, 0.1) is 5.92 Å². The highest BCUT2D eigenvalue weighted by atomic mass is 79.9. The fraction of sp³-hybridized carbons (Fsp3) is 0.571. The van der Waals surface area contributed by atoms with Crippen molar-refractivity contribution in [2.24, 2.45) is 11.7 Å². The molecule has 0 aromatic heterocycles. The van der Waals surface area contributed by atoms with E-state index in [0.717, 1.165) is 36.3 Å². The molecule has 0 spiro atoms. The molecule has 0 amide bonds. The highest BCUT2D eigenvalue weighted by molar-refractivity contribution is 9.10. The van der Waals surface area contributed by atoms with Crippen LogP contribution in [0.4, 0.5) is 0 Å². The van der Waals surface area contributed by atoms with Crippen LogP contribution in [-0.4, -0.2) is 26.4 Å². The molecule has 3 nitrogen and oxygen atoms in total. The summed E-state index contributed by atoms with van der Waals surface area (Å²) in [5.41, 5.74) is 7.46. The Kier molecular flexibility index (Phi) is 3.12. The molecule has 2 N–H and O–H groups in total. The van der Waals surface area contributed by atoms with Crippen molar-refractivity contribution in [1.29, 1.82) is 0 Å². The van der Waals surface area contributed by atoms with Crippen LogP contribution >= 0.6 is 15.9 Å². The molecule has 0 bridgehead atoms. The fourth-order valence-electron chi connectivity index (χ4n) is 3.05. The number of rotatable bonds is 3. The van der Waals surface area contributed by atoms with Crippen molar-refractivity contribution in [3.8, 4) is 5.75 Å². The topological polar surface area (TPSA) is 44.5 Å². The lowest BCUT2D eigenvalue weighted by molar-refractivity contribution is -0.111. The van der Waals surface area contributed by atoms with E-state index in [1.807, 2.05) is 6.07 Å². The Hall–Kier alpha value is -0.580. The minimum absolute atomic E-state index is 0.185. The van der Waals surface area contributed by atoms with Crippen LogP contribution in [0.5, 0.6) is 5.75 Å². The summed E-state index contributed by atoms with van der Waals surface area (Å²) in [6.45, 7) is 1.65. The van der Waals surface area contributed by atoms with Gasteiger partial charge in [0.2, 0.25) is 0 Å². The minimum atomic E-state index is 0.185. The molecule has 1 aliphatic carbocycles. The Bertz CT molecular complexity index is 453. The fourth-order valence-corrected chi connectivity index (χ4v) is 3.59. The van der Waals surface area contributed by atoms with Crippen LogP contribution in [0.15, 0.2) is 22.7 Å². The molecule has 1 heterocycles. The average molecular weight is 312 g/mol. The molecule has 0 radical (unpaired) electrons. The molecule has 18 heavy (non-hydrogen) atoms. The number of benzene rings is 1. The summed E-state index contributed by atoms with van der Waals surface area (Å²) in [5.74, 6) is 1.54. The zero-order valence-electron chi connectivity index (χ0n) is 10.5. The molecule has 1 saturated heterocycles. The van der Waals surface area contributed by atoms with Crippen LogP contribution in [0.3, 0.4) is 0 Å². The summed E-state index contributed by atoms with van der Waals surface area (Å²) in [7, 11) is 1.69. The molecule has 2 fully saturated rings. The van der Waals surface area contributed by atoms with Gasteiger partial charge in [0.25, 0.3) is 0 Å². The molecule has 2 aliphatic rings. The van der Waals surface area contributed by atoms with Gasteiger partial charge in [0, 0.05) is 11.5 Å². The van der Waals surface area contributed by atoms with E-state index >= 15 is 0 Å². The Morgan fingerprint density at radius 3 is 2.56 bits per heavy atom. The van der Waals surface area contributed by atoms with Gasteiger partial charge in [0.15, 0.2) is 0 Å². The lowest BCUT2D eigenvalue weighted by Gasteiger charge is -2.53. The van der Waals surface area contributed by atoms with E-state index in [9.17, 15) is 0 Å². The maximum Gasteiger partial charge on any atom is 0.133 e. The van der Waals surface area contributed by atoms with Crippen molar-refractivity contribution in [3.63, 3.8) is 0 Å². The molecule has 4 heteroatoms. The lowest BCUT2D eigenvalue weighted by Crippen LogP contribution is -2.58. The van der Waals surface area contributed by atoms with Gasteiger partial charge in [-0.15, -0.1) is 0 Å². The van der Waals surface area contributed by atoms with Gasteiger partial charge in [-0.3, -0.25) is 0 Å². The van der Waals surface area contributed by atoms with E-state index < -0.39 is 0 Å². The normalized spacial score (nSPS) is 29.3. The van der Waals surface area contributed by atoms with Crippen LogP contribution in [0.25, 0.3) is 0 Å². The Morgan fingerprint density at radius 1 is 1.39 bits per heavy atom. The Labute approximate surface area is 116 Å². The maximum atomic E-state index is 5.93. The summed E-state index contributed by atoms with van der Waals surface area (Å²) in [5, 5.41) is 0. The number of hydrogen-bond donors (Lipinski definition) is 1. The van der Waals surface area contributed by atoms with Crippen LogP contribution in [-0.2, 0) is 10.2 Å². The molecule has 0 unspecified atom stereocenters. The average Bonchev–Trinajstić information content (AvgIpc) is 2.25. The third kappa shape index (κ3) is 1.78. The second-order valence-corrected chi connectivity index (χ2v) is 6.28. The van der Waals surface area contributed by atoms with Gasteiger partial charge in [0.05, 0.1) is 24.8 Å². The van der Waals surface area contributed by atoms with Crippen molar-refractivity contribution in [3.05, 3.63) is 28.2 Å². The van der Waals surface area contributed by atoms with Gasteiger partial charge in [-0.1, -0.05) is 6.07 Å². The SMILES string of the molecule is COc1ccc(C2(C3CC(N)C3)COC2)cc1Br. The highest BCUT2D eigenvalue weighted by Gasteiger charge is 2.51. The van der Waals surface area contributed by atoms with E-state index in [0.29, 0.717) is 12.0 Å². The first-order valence-corrected chi connectivity index (χ1v) is 7.12. The summed E-state index contributed by atoms with van der Waals surface area (Å²) < 4.78 is 11.8. The maximum absolute atomic E-state index is 5.93. The van der Waals surface area contributed by atoms with Gasteiger partial charge >= 0.3 is 0 Å². The first-order chi connectivity index (χ1) is 8.65. The monoisotopic (exact) mass is 311 g/mol. The van der Waals surface area contributed by atoms with E-state index in [2.05, 4.69) is 28.1 Å². The van der Waals surface area contributed by atoms with Crippen LogP contribution < -0.4 is 10.5 Å². The van der Waals surface area contributed by atoms with Crippen molar-refractivity contribution in [2.75, 3.05) is 20.3 Å². The lowest BCUT2D eigenvalue weighted by atomic mass is 9.59. The minimum Gasteiger partial charge on any atom is -0.496 e. The number of methoxy groups -OCH3 is 1. The van der Waals surface area contributed by atoms with Crippen molar-refractivity contribution in [1.82, 2.24) is 0 Å². The number of hydrogen-bond acceptors (Lipinski definition) is 3. The van der Waals surface area contributed by atoms with Gasteiger partial charge in [-0.05, 0) is 52.4 Å². The predicted octanol–water partition coefficient (Wildman–Crippen LogP) is 2.46. The summed E-state index contributed by atoms with van der Waals surface area (Å²) >= 11 is 3.56. The second kappa shape index (κ2) is 4.51. The zero-order valence-corrected chi connectivity index (χ0v) is 12.1. The number of ether oxygens (including phenoxy) is 2. The van der Waals surface area contributed by atoms with Crippen molar-refractivity contribution >= 4 is 15.9 Å². The van der Waals surface area contributed by atoms with E-state index in [1.54, 1.807) is 7.11 Å². The smallest absolute Gasteiger partial charge is 0.133 e. The quantitative estimate of drug-likeness (QED) is 0.932. The first-order valence-electron chi connectivity index (χ1n) is 6.33. The Morgan fingerprint density at radius 2 is 2.11 bits per heavy atom. The standard InChI is InChI=1S/C14H18BrNO2/c1-17-13-3-2-9(6-12(13)15)14(7-18-8-14)10-4-11(16)5-10/h2-3,6,10-11H,4-5,7-8,16H2,1H3. The van der Waals surface area contributed by atoms with Crippen LogP contribution in [0.1, 0.15) is 18.4 Å². The largest absolute Gasteiger partial charge is 0.496 e. The van der Waals surface area contributed by atoms with Crippen molar-refractivity contribution < 1.29 is 9.47 Å². The predicted molar refractivity (Wildman–Crippen MR) is 73.9 cm³/mol. The van der Waals surface area contributed by atoms with Crippen LogP contribution in [0.2, 0.25) is 0 Å². The second-order valence-electron chi connectivity index (χ2n) is 5.43. The summed E-state index contributed by atoms with van der Waals surface area (Å²) in [6.07, 6.45) is 2.24. The van der Waals surface area contributed by atoms with E-state index in [-0.39, 0.29) is 5.41 Å². The summed E-state index contributed by atoms with van der Waals surface area (Å²) in [4.78, 5) is 0. The third-order valence-corrected chi connectivity index (χ3v) is 5.02. The van der Waals surface area contributed by atoms with Gasteiger partial charge in [-0.2, -0.15) is 0 Å². The summed E-state index contributed by atoms with van der Waals surface area (Å²) in [6, 6.07) is 6.74. The molecule has 1 aromatic carbocycles. The molecule has 1 aliphatic heterocycles. The number of nitrogens with two attached hydrogens (primary N) is 1. The van der Waals surface area contributed by atoms with E-state index in [4.69, 9.17) is 15.2 Å². The van der Waals surface area contributed by atoms with Gasteiger partial charge in [-0.25, -0.2) is 0 Å². The molecule has 1 aromatic rings. The zero-order chi connectivity index (χ0) is 12.8. The molecule has 0 atom stereocenters. The highest BCUT2D eigenvalue weighted by Crippen LogP contribution is 2.49. The molecule has 98 valence electrons. The molecule has 1 saturated carbocycles. The van der Waals surface area contributed by atoms with Gasteiger partial charge < -0.3 is 15.2 Å². The van der Waals surface area contributed by atoms with Crippen molar-refractivity contribution in [2.45, 2.75) is 24.3 Å². The third-order valence-electron chi connectivity index (χ3n) is 4.40. The molecular formula is C14H18BrNO2.